The quantitative estimate of drug-likeness (QED) is 0.769. The summed E-state index contributed by atoms with van der Waals surface area (Å²) in [6.45, 7) is 6.69. The number of thioether (sulfide) groups is 1. The zero-order valence-corrected chi connectivity index (χ0v) is 14.4. The van der Waals surface area contributed by atoms with Crippen LogP contribution in [0.15, 0.2) is 0 Å². The first-order valence-electron chi connectivity index (χ1n) is 7.50. The topological polar surface area (TPSA) is 98.8 Å². The third-order valence-electron chi connectivity index (χ3n) is 3.73. The third-order valence-corrected chi connectivity index (χ3v) is 4.59. The van der Waals surface area contributed by atoms with E-state index in [2.05, 4.69) is 10.6 Å². The standard InChI is InChI=1S/C14H22N4O4S/c1-14(2,3)18-7-9(6-10(18)19)16-12(21)15-4-5-17-11(20)8-23-13(17)22/h9H,4-8H2,1-3H3,(H2,15,16,21). The van der Waals surface area contributed by atoms with Crippen molar-refractivity contribution in [1.29, 1.82) is 0 Å². The molecule has 0 aliphatic carbocycles. The Balaban J connectivity index is 1.72. The minimum atomic E-state index is -0.398. The second kappa shape index (κ2) is 6.77. The summed E-state index contributed by atoms with van der Waals surface area (Å²) in [5.41, 5.74) is -0.266. The van der Waals surface area contributed by atoms with Gasteiger partial charge in [0.25, 0.3) is 5.24 Å². The number of rotatable bonds is 4. The summed E-state index contributed by atoms with van der Waals surface area (Å²) in [6.07, 6.45) is 0.282. The van der Waals surface area contributed by atoms with Crippen LogP contribution in [0.4, 0.5) is 9.59 Å². The molecule has 0 aromatic heterocycles. The molecule has 1 unspecified atom stereocenters. The van der Waals surface area contributed by atoms with Crippen LogP contribution in [-0.4, -0.2) is 69.9 Å². The first kappa shape index (κ1) is 17.6. The molecular weight excluding hydrogens is 320 g/mol. The lowest BCUT2D eigenvalue weighted by atomic mass is 10.1. The molecule has 1 atom stereocenters. The summed E-state index contributed by atoms with van der Waals surface area (Å²) >= 11 is 0.967. The van der Waals surface area contributed by atoms with E-state index in [0.717, 1.165) is 16.7 Å². The Morgan fingerprint density at radius 2 is 1.96 bits per heavy atom. The van der Waals surface area contributed by atoms with Crippen molar-refractivity contribution in [2.24, 2.45) is 0 Å². The van der Waals surface area contributed by atoms with Gasteiger partial charge in [-0.05, 0) is 20.8 Å². The molecular formula is C14H22N4O4S. The van der Waals surface area contributed by atoms with E-state index >= 15 is 0 Å². The molecule has 2 N–H and O–H groups in total. The van der Waals surface area contributed by atoms with Crippen LogP contribution in [0, 0.1) is 0 Å². The number of imide groups is 1. The fourth-order valence-corrected chi connectivity index (χ4v) is 3.32. The smallest absolute Gasteiger partial charge is 0.315 e. The van der Waals surface area contributed by atoms with Gasteiger partial charge >= 0.3 is 6.03 Å². The van der Waals surface area contributed by atoms with Gasteiger partial charge in [0.15, 0.2) is 0 Å². The third kappa shape index (κ3) is 4.37. The molecule has 23 heavy (non-hydrogen) atoms. The molecule has 0 saturated carbocycles. The maximum absolute atomic E-state index is 11.9. The van der Waals surface area contributed by atoms with Crippen LogP contribution in [0.2, 0.25) is 0 Å². The van der Waals surface area contributed by atoms with Gasteiger partial charge < -0.3 is 15.5 Å². The molecule has 5 amide bonds. The van der Waals surface area contributed by atoms with Crippen LogP contribution in [0.25, 0.3) is 0 Å². The zero-order valence-electron chi connectivity index (χ0n) is 13.5. The zero-order chi connectivity index (χ0) is 17.2. The summed E-state index contributed by atoms with van der Waals surface area (Å²) < 4.78 is 0. The molecule has 2 fully saturated rings. The lowest BCUT2D eigenvalue weighted by Crippen LogP contribution is -2.47. The molecule has 0 radical (unpaired) electrons. The number of hydrogen-bond acceptors (Lipinski definition) is 5. The molecule has 128 valence electrons. The van der Waals surface area contributed by atoms with Gasteiger partial charge in [-0.2, -0.15) is 0 Å². The largest absolute Gasteiger partial charge is 0.336 e. The lowest BCUT2D eigenvalue weighted by molar-refractivity contribution is -0.131. The highest BCUT2D eigenvalue weighted by Gasteiger charge is 2.36. The van der Waals surface area contributed by atoms with Gasteiger partial charge in [-0.15, -0.1) is 0 Å². The maximum Gasteiger partial charge on any atom is 0.315 e. The minimum Gasteiger partial charge on any atom is -0.336 e. The normalized spacial score (nSPS) is 22.0. The number of likely N-dealkylation sites (tertiary alicyclic amines) is 1. The average Bonchev–Trinajstić information content (AvgIpc) is 2.95. The van der Waals surface area contributed by atoms with E-state index in [0.29, 0.717) is 6.54 Å². The van der Waals surface area contributed by atoms with Crippen molar-refractivity contribution in [3.63, 3.8) is 0 Å². The number of urea groups is 1. The Morgan fingerprint density at radius 1 is 1.26 bits per heavy atom. The predicted molar refractivity (Wildman–Crippen MR) is 86.0 cm³/mol. The summed E-state index contributed by atoms with van der Waals surface area (Å²) in [6, 6.07) is -0.627. The highest BCUT2D eigenvalue weighted by Crippen LogP contribution is 2.21. The van der Waals surface area contributed by atoms with Gasteiger partial charge in [0.05, 0.1) is 11.8 Å². The molecule has 0 spiro atoms. The molecule has 8 nitrogen and oxygen atoms in total. The van der Waals surface area contributed by atoms with Gasteiger partial charge in [-0.1, -0.05) is 11.8 Å². The molecule has 2 saturated heterocycles. The van der Waals surface area contributed by atoms with Gasteiger partial charge in [0, 0.05) is 31.6 Å². The molecule has 0 bridgehead atoms. The number of carbonyl (C=O) groups is 4. The van der Waals surface area contributed by atoms with Crippen molar-refractivity contribution in [3.8, 4) is 0 Å². The summed E-state index contributed by atoms with van der Waals surface area (Å²) in [5.74, 6) is -0.0461. The van der Waals surface area contributed by atoms with Crippen molar-refractivity contribution in [1.82, 2.24) is 20.4 Å². The summed E-state index contributed by atoms with van der Waals surface area (Å²) in [4.78, 5) is 49.5. The fraction of sp³-hybridized carbons (Fsp3) is 0.714. The molecule has 0 aromatic rings. The minimum absolute atomic E-state index is 0.0214. The molecule has 2 rings (SSSR count). The second-order valence-corrected chi connectivity index (χ2v) is 7.50. The van der Waals surface area contributed by atoms with Crippen LogP contribution in [0.3, 0.4) is 0 Å². The Kier molecular flexibility index (Phi) is 5.18. The van der Waals surface area contributed by atoms with Crippen LogP contribution in [-0.2, 0) is 9.59 Å². The van der Waals surface area contributed by atoms with Gasteiger partial charge in [-0.25, -0.2) is 4.79 Å². The first-order valence-corrected chi connectivity index (χ1v) is 8.49. The van der Waals surface area contributed by atoms with E-state index in [1.807, 2.05) is 20.8 Å². The van der Waals surface area contributed by atoms with E-state index in [9.17, 15) is 19.2 Å². The van der Waals surface area contributed by atoms with Gasteiger partial charge in [0.1, 0.15) is 0 Å². The van der Waals surface area contributed by atoms with E-state index in [-0.39, 0.29) is 53.9 Å². The number of nitrogens with one attached hydrogen (secondary N) is 2. The van der Waals surface area contributed by atoms with Crippen LogP contribution in [0.1, 0.15) is 27.2 Å². The Morgan fingerprint density at radius 3 is 2.48 bits per heavy atom. The highest BCUT2D eigenvalue weighted by atomic mass is 32.2. The van der Waals surface area contributed by atoms with Crippen molar-refractivity contribution >= 4 is 34.8 Å². The van der Waals surface area contributed by atoms with Crippen molar-refractivity contribution in [3.05, 3.63) is 0 Å². The van der Waals surface area contributed by atoms with E-state index < -0.39 is 6.03 Å². The maximum atomic E-state index is 11.9. The average molecular weight is 342 g/mol. The monoisotopic (exact) mass is 342 g/mol. The lowest BCUT2D eigenvalue weighted by Gasteiger charge is -2.32. The fourth-order valence-electron chi connectivity index (χ4n) is 2.57. The van der Waals surface area contributed by atoms with Crippen LogP contribution < -0.4 is 10.6 Å². The highest BCUT2D eigenvalue weighted by molar-refractivity contribution is 8.14. The molecule has 9 heteroatoms. The van der Waals surface area contributed by atoms with Crippen molar-refractivity contribution in [2.45, 2.75) is 38.8 Å². The van der Waals surface area contributed by atoms with Gasteiger partial charge in [0.2, 0.25) is 11.8 Å². The van der Waals surface area contributed by atoms with E-state index in [4.69, 9.17) is 0 Å². The number of amides is 5. The van der Waals surface area contributed by atoms with E-state index in [1.54, 1.807) is 4.90 Å². The molecule has 2 aliphatic heterocycles. The summed E-state index contributed by atoms with van der Waals surface area (Å²) in [5, 5.41) is 5.09. The number of nitrogens with zero attached hydrogens (tertiary/aromatic N) is 2. The Bertz CT molecular complexity index is 515. The first-order chi connectivity index (χ1) is 10.7. The molecule has 2 heterocycles. The van der Waals surface area contributed by atoms with Crippen LogP contribution in [0.5, 0.6) is 0 Å². The number of hydrogen-bond donors (Lipinski definition) is 2. The molecule has 2 aliphatic rings. The van der Waals surface area contributed by atoms with Crippen molar-refractivity contribution in [2.75, 3.05) is 25.4 Å². The van der Waals surface area contributed by atoms with E-state index in [1.165, 1.54) is 0 Å². The summed E-state index contributed by atoms with van der Waals surface area (Å²) in [7, 11) is 0. The van der Waals surface area contributed by atoms with Gasteiger partial charge in [-0.3, -0.25) is 19.3 Å². The second-order valence-electron chi connectivity index (χ2n) is 6.58. The number of carbonyl (C=O) groups excluding carboxylic acids is 4. The Labute approximate surface area is 139 Å². The predicted octanol–water partition coefficient (Wildman–Crippen LogP) is 0.380. The van der Waals surface area contributed by atoms with Crippen molar-refractivity contribution < 1.29 is 19.2 Å². The Hall–Kier alpha value is -1.77. The molecule has 0 aromatic carbocycles. The SMILES string of the molecule is CC(C)(C)N1CC(NC(=O)NCCN2C(=O)CSC2=O)CC1=O. The van der Waals surface area contributed by atoms with Crippen LogP contribution >= 0.6 is 11.8 Å².